The minimum Gasteiger partial charge on any atom is -0.320 e. The summed E-state index contributed by atoms with van der Waals surface area (Å²) in [5, 5.41) is 2.67. The Bertz CT molecular complexity index is 581. The van der Waals surface area contributed by atoms with Crippen LogP contribution >= 0.6 is 0 Å². The minimum atomic E-state index is -0.362. The summed E-state index contributed by atoms with van der Waals surface area (Å²) in [6, 6.07) is 9.90. The van der Waals surface area contributed by atoms with Crippen LogP contribution in [0, 0.1) is 5.82 Å². The molecule has 104 valence electrons. The lowest BCUT2D eigenvalue weighted by molar-refractivity contribution is -0.684. The predicted molar refractivity (Wildman–Crippen MR) is 75.7 cm³/mol. The van der Waals surface area contributed by atoms with Gasteiger partial charge in [-0.15, -0.1) is 0 Å². The number of carbonyl (C=O) groups excluding carboxylic acids is 1. The Hall–Kier alpha value is -2.23. The zero-order chi connectivity index (χ0) is 14.4. The standard InChI is InChI=1S/C16H17FN2O/c1-2-4-13-7-9-19(10-8-13)12-16(20)18-15-6-3-5-14(17)11-15/h3,5-11H,2,4,12H2,1H3/p+1. The number of hydrogen-bond donors (Lipinski definition) is 1. The van der Waals surface area contributed by atoms with Gasteiger partial charge in [0, 0.05) is 17.8 Å². The molecule has 0 radical (unpaired) electrons. The molecule has 1 amide bonds. The van der Waals surface area contributed by atoms with Gasteiger partial charge >= 0.3 is 0 Å². The van der Waals surface area contributed by atoms with Crippen LogP contribution in [0.3, 0.4) is 0 Å². The van der Waals surface area contributed by atoms with Gasteiger partial charge in [-0.3, -0.25) is 4.79 Å². The fraction of sp³-hybridized carbons (Fsp3) is 0.250. The van der Waals surface area contributed by atoms with Crippen molar-refractivity contribution in [3.05, 3.63) is 60.2 Å². The number of aryl methyl sites for hydroxylation is 1. The van der Waals surface area contributed by atoms with Gasteiger partial charge in [0.2, 0.25) is 6.54 Å². The van der Waals surface area contributed by atoms with E-state index in [1.165, 1.54) is 17.7 Å². The maximum Gasteiger partial charge on any atom is 0.290 e. The van der Waals surface area contributed by atoms with E-state index in [0.717, 1.165) is 12.8 Å². The number of anilines is 1. The molecule has 0 aliphatic carbocycles. The zero-order valence-corrected chi connectivity index (χ0v) is 11.5. The lowest BCUT2D eigenvalue weighted by Gasteiger charge is -2.03. The van der Waals surface area contributed by atoms with E-state index >= 15 is 0 Å². The van der Waals surface area contributed by atoms with Crippen LogP contribution in [-0.4, -0.2) is 5.91 Å². The first-order valence-electron chi connectivity index (χ1n) is 6.71. The van der Waals surface area contributed by atoms with Crippen molar-refractivity contribution in [1.82, 2.24) is 0 Å². The summed E-state index contributed by atoms with van der Waals surface area (Å²) in [4.78, 5) is 11.8. The second kappa shape index (κ2) is 6.80. The van der Waals surface area contributed by atoms with Gasteiger partial charge in [-0.05, 0) is 30.2 Å². The van der Waals surface area contributed by atoms with Crippen LogP contribution in [0.15, 0.2) is 48.8 Å². The Morgan fingerprint density at radius 1 is 1.25 bits per heavy atom. The SMILES string of the molecule is CCCc1cc[n+](CC(=O)Nc2cccc(F)c2)cc1. The molecule has 1 N–H and O–H groups in total. The van der Waals surface area contributed by atoms with Gasteiger partial charge in [-0.25, -0.2) is 4.39 Å². The number of nitrogens with one attached hydrogen (secondary N) is 1. The molecule has 2 rings (SSSR count). The van der Waals surface area contributed by atoms with Gasteiger partial charge in [0.1, 0.15) is 5.82 Å². The molecule has 0 aliphatic rings. The third kappa shape index (κ3) is 4.16. The fourth-order valence-electron chi connectivity index (χ4n) is 1.98. The molecule has 1 aromatic heterocycles. The summed E-state index contributed by atoms with van der Waals surface area (Å²) in [5.74, 6) is -0.539. The predicted octanol–water partition coefficient (Wildman–Crippen LogP) is 2.70. The van der Waals surface area contributed by atoms with E-state index < -0.39 is 0 Å². The molecule has 0 spiro atoms. The molecule has 1 heterocycles. The third-order valence-electron chi connectivity index (χ3n) is 2.93. The highest BCUT2D eigenvalue weighted by atomic mass is 19.1. The Morgan fingerprint density at radius 2 is 2.00 bits per heavy atom. The van der Waals surface area contributed by atoms with Crippen LogP contribution in [0.5, 0.6) is 0 Å². The first-order valence-corrected chi connectivity index (χ1v) is 6.71. The molecule has 0 unspecified atom stereocenters. The number of aromatic nitrogens is 1. The molecule has 4 heteroatoms. The van der Waals surface area contributed by atoms with E-state index in [1.807, 2.05) is 24.5 Å². The fourth-order valence-corrected chi connectivity index (χ4v) is 1.98. The first kappa shape index (κ1) is 14.2. The van der Waals surface area contributed by atoms with Crippen molar-refractivity contribution in [2.45, 2.75) is 26.3 Å². The lowest BCUT2D eigenvalue weighted by atomic mass is 10.2. The van der Waals surface area contributed by atoms with Crippen molar-refractivity contribution in [2.75, 3.05) is 5.32 Å². The van der Waals surface area contributed by atoms with E-state index in [2.05, 4.69) is 12.2 Å². The molecule has 3 nitrogen and oxygen atoms in total. The van der Waals surface area contributed by atoms with E-state index in [-0.39, 0.29) is 18.3 Å². The van der Waals surface area contributed by atoms with Gasteiger partial charge in [0.05, 0.1) is 0 Å². The Labute approximate surface area is 118 Å². The molecule has 0 fully saturated rings. The molecule has 2 aromatic rings. The van der Waals surface area contributed by atoms with Gasteiger partial charge in [-0.2, -0.15) is 4.57 Å². The number of rotatable bonds is 5. The van der Waals surface area contributed by atoms with Crippen molar-refractivity contribution in [3.63, 3.8) is 0 Å². The summed E-state index contributed by atoms with van der Waals surface area (Å²) in [6.45, 7) is 2.34. The summed E-state index contributed by atoms with van der Waals surface area (Å²) >= 11 is 0. The normalized spacial score (nSPS) is 10.3. The molecule has 1 aromatic carbocycles. The Balaban J connectivity index is 1.94. The van der Waals surface area contributed by atoms with Crippen molar-refractivity contribution < 1.29 is 13.8 Å². The van der Waals surface area contributed by atoms with Crippen LogP contribution < -0.4 is 9.88 Å². The van der Waals surface area contributed by atoms with E-state index in [1.54, 1.807) is 16.7 Å². The lowest BCUT2D eigenvalue weighted by Crippen LogP contribution is -2.39. The van der Waals surface area contributed by atoms with Crippen LogP contribution in [0.1, 0.15) is 18.9 Å². The average Bonchev–Trinajstić information content (AvgIpc) is 2.41. The monoisotopic (exact) mass is 273 g/mol. The van der Waals surface area contributed by atoms with Crippen LogP contribution in [0.2, 0.25) is 0 Å². The van der Waals surface area contributed by atoms with Crippen molar-refractivity contribution >= 4 is 11.6 Å². The minimum absolute atomic E-state index is 0.177. The highest BCUT2D eigenvalue weighted by molar-refractivity contribution is 5.89. The van der Waals surface area contributed by atoms with Gasteiger partial charge in [0.25, 0.3) is 5.91 Å². The van der Waals surface area contributed by atoms with E-state index in [4.69, 9.17) is 0 Å². The largest absolute Gasteiger partial charge is 0.320 e. The molecule has 0 atom stereocenters. The number of nitrogens with zero attached hydrogens (tertiary/aromatic N) is 1. The van der Waals surface area contributed by atoms with E-state index in [9.17, 15) is 9.18 Å². The maximum atomic E-state index is 13.0. The third-order valence-corrected chi connectivity index (χ3v) is 2.93. The number of halogens is 1. The average molecular weight is 273 g/mol. The van der Waals surface area contributed by atoms with Crippen molar-refractivity contribution in [3.8, 4) is 0 Å². The Kier molecular flexibility index (Phi) is 4.82. The second-order valence-corrected chi connectivity index (χ2v) is 4.69. The van der Waals surface area contributed by atoms with Gasteiger partial charge < -0.3 is 5.32 Å². The second-order valence-electron chi connectivity index (χ2n) is 4.69. The van der Waals surface area contributed by atoms with E-state index in [0.29, 0.717) is 5.69 Å². The summed E-state index contributed by atoms with van der Waals surface area (Å²) in [6.07, 6.45) is 5.91. The topological polar surface area (TPSA) is 33.0 Å². The molecule has 0 aliphatic heterocycles. The molecular formula is C16H18FN2O+. The smallest absolute Gasteiger partial charge is 0.290 e. The number of pyridine rings is 1. The number of carbonyl (C=O) groups is 1. The highest BCUT2D eigenvalue weighted by Gasteiger charge is 2.09. The Morgan fingerprint density at radius 3 is 2.65 bits per heavy atom. The molecule has 0 bridgehead atoms. The molecular weight excluding hydrogens is 255 g/mol. The van der Waals surface area contributed by atoms with Crippen LogP contribution in [-0.2, 0) is 17.8 Å². The van der Waals surface area contributed by atoms with Gasteiger partial charge in [-0.1, -0.05) is 19.4 Å². The number of amides is 1. The van der Waals surface area contributed by atoms with Crippen molar-refractivity contribution in [2.24, 2.45) is 0 Å². The quantitative estimate of drug-likeness (QED) is 0.835. The maximum absolute atomic E-state index is 13.0. The van der Waals surface area contributed by atoms with Gasteiger partial charge in [0.15, 0.2) is 12.4 Å². The first-order chi connectivity index (χ1) is 9.67. The molecule has 0 saturated carbocycles. The number of benzene rings is 1. The summed E-state index contributed by atoms with van der Waals surface area (Å²) in [5.41, 5.74) is 1.73. The summed E-state index contributed by atoms with van der Waals surface area (Å²) < 4.78 is 14.8. The van der Waals surface area contributed by atoms with Crippen molar-refractivity contribution in [1.29, 1.82) is 0 Å². The number of hydrogen-bond acceptors (Lipinski definition) is 1. The van der Waals surface area contributed by atoms with Crippen LogP contribution in [0.4, 0.5) is 10.1 Å². The molecule has 0 saturated heterocycles. The molecule has 20 heavy (non-hydrogen) atoms. The van der Waals surface area contributed by atoms with Crippen LogP contribution in [0.25, 0.3) is 0 Å². The highest BCUT2D eigenvalue weighted by Crippen LogP contribution is 2.08. The summed E-state index contributed by atoms with van der Waals surface area (Å²) in [7, 11) is 0. The zero-order valence-electron chi connectivity index (χ0n) is 11.5.